The van der Waals surface area contributed by atoms with E-state index in [9.17, 15) is 4.79 Å². The van der Waals surface area contributed by atoms with E-state index in [0.29, 0.717) is 19.3 Å². The monoisotopic (exact) mass is 379 g/mol. The van der Waals surface area contributed by atoms with Crippen molar-refractivity contribution in [3.63, 3.8) is 0 Å². The van der Waals surface area contributed by atoms with Gasteiger partial charge in [-0.3, -0.25) is 9.69 Å². The maximum atomic E-state index is 12.7. The number of carbonyl (C=O) groups excluding carboxylic acids is 1. The minimum absolute atomic E-state index is 0.139. The number of nitrogens with zero attached hydrogens (tertiary/aromatic N) is 1. The summed E-state index contributed by atoms with van der Waals surface area (Å²) in [6.07, 6.45) is 1.75. The number of benzene rings is 2. The summed E-state index contributed by atoms with van der Waals surface area (Å²) in [5.74, 6) is -0.139. The Balaban J connectivity index is 1.98. The van der Waals surface area contributed by atoms with Crippen molar-refractivity contribution in [1.82, 2.24) is 0 Å². The van der Waals surface area contributed by atoms with Gasteiger partial charge in [0.05, 0.1) is 10.6 Å². The Morgan fingerprint density at radius 3 is 2.61 bits per heavy atom. The standard InChI is InChI=1S/C17H11Cl2NOS2/c1-10-4-2-3-5-14(10)20-16(21)15(23-17(20)22)8-11-6-7-12(18)9-13(11)19/h2-9H,1H3. The van der Waals surface area contributed by atoms with Gasteiger partial charge < -0.3 is 0 Å². The van der Waals surface area contributed by atoms with Crippen LogP contribution < -0.4 is 4.90 Å². The zero-order chi connectivity index (χ0) is 16.6. The number of amides is 1. The van der Waals surface area contributed by atoms with E-state index in [-0.39, 0.29) is 5.91 Å². The molecular formula is C17H11Cl2NOS2. The molecule has 0 saturated carbocycles. The van der Waals surface area contributed by atoms with Gasteiger partial charge in [0.25, 0.3) is 5.91 Å². The molecule has 0 radical (unpaired) electrons. The first-order chi connectivity index (χ1) is 11.0. The van der Waals surface area contributed by atoms with Gasteiger partial charge in [-0.05, 0) is 42.3 Å². The number of aryl methyl sites for hydroxylation is 1. The van der Waals surface area contributed by atoms with E-state index >= 15 is 0 Å². The third kappa shape index (κ3) is 3.31. The fraction of sp³-hybridized carbons (Fsp3) is 0.0588. The molecule has 23 heavy (non-hydrogen) atoms. The van der Waals surface area contributed by atoms with E-state index in [2.05, 4.69) is 0 Å². The number of carbonyl (C=O) groups is 1. The Labute approximate surface area is 154 Å². The predicted octanol–water partition coefficient (Wildman–Crippen LogP) is 5.71. The van der Waals surface area contributed by atoms with Gasteiger partial charge in [-0.2, -0.15) is 0 Å². The van der Waals surface area contributed by atoms with Crippen molar-refractivity contribution in [3.8, 4) is 0 Å². The molecule has 2 nitrogen and oxygen atoms in total. The minimum atomic E-state index is -0.139. The number of para-hydroxylation sites is 1. The molecule has 0 unspecified atom stereocenters. The first-order valence-electron chi connectivity index (χ1n) is 6.76. The van der Waals surface area contributed by atoms with E-state index in [0.717, 1.165) is 16.8 Å². The Hall–Kier alpha value is -1.33. The van der Waals surface area contributed by atoms with Gasteiger partial charge in [0.1, 0.15) is 0 Å². The first kappa shape index (κ1) is 16.5. The molecule has 0 bridgehead atoms. The summed E-state index contributed by atoms with van der Waals surface area (Å²) in [4.78, 5) is 14.8. The number of halogens is 2. The third-order valence-electron chi connectivity index (χ3n) is 3.40. The van der Waals surface area contributed by atoms with Crippen molar-refractivity contribution in [2.45, 2.75) is 6.92 Å². The number of hydrogen-bond acceptors (Lipinski definition) is 3. The van der Waals surface area contributed by atoms with Crippen LogP contribution in [-0.2, 0) is 4.79 Å². The van der Waals surface area contributed by atoms with Crippen LogP contribution in [0.5, 0.6) is 0 Å². The summed E-state index contributed by atoms with van der Waals surface area (Å²) in [5, 5.41) is 1.05. The minimum Gasteiger partial charge on any atom is -0.268 e. The average Bonchev–Trinajstić information content (AvgIpc) is 2.77. The number of anilines is 1. The third-order valence-corrected chi connectivity index (χ3v) is 5.26. The van der Waals surface area contributed by atoms with E-state index in [1.165, 1.54) is 11.8 Å². The van der Waals surface area contributed by atoms with Crippen LogP contribution in [0.25, 0.3) is 6.08 Å². The maximum absolute atomic E-state index is 12.7. The van der Waals surface area contributed by atoms with Crippen LogP contribution in [0.2, 0.25) is 10.0 Å². The van der Waals surface area contributed by atoms with Crippen LogP contribution >= 0.6 is 47.2 Å². The molecule has 0 aliphatic carbocycles. The highest BCUT2D eigenvalue weighted by atomic mass is 35.5. The second-order valence-electron chi connectivity index (χ2n) is 4.97. The first-order valence-corrected chi connectivity index (χ1v) is 8.74. The second kappa shape index (κ2) is 6.65. The Kier molecular flexibility index (Phi) is 4.78. The van der Waals surface area contributed by atoms with Crippen LogP contribution in [0.3, 0.4) is 0 Å². The van der Waals surface area contributed by atoms with Gasteiger partial charge in [-0.25, -0.2) is 0 Å². The Morgan fingerprint density at radius 2 is 1.91 bits per heavy atom. The van der Waals surface area contributed by atoms with Crippen molar-refractivity contribution in [3.05, 3.63) is 68.5 Å². The highest BCUT2D eigenvalue weighted by Crippen LogP contribution is 2.38. The molecule has 3 rings (SSSR count). The average molecular weight is 380 g/mol. The zero-order valence-electron chi connectivity index (χ0n) is 12.0. The van der Waals surface area contributed by atoms with Crippen LogP contribution in [0, 0.1) is 6.92 Å². The number of rotatable bonds is 2. The van der Waals surface area contributed by atoms with Crippen LogP contribution in [0.1, 0.15) is 11.1 Å². The molecule has 1 aliphatic heterocycles. The van der Waals surface area contributed by atoms with Crippen LogP contribution in [-0.4, -0.2) is 10.2 Å². The highest BCUT2D eigenvalue weighted by Gasteiger charge is 2.34. The summed E-state index contributed by atoms with van der Waals surface area (Å²) in [7, 11) is 0. The summed E-state index contributed by atoms with van der Waals surface area (Å²) >= 11 is 18.7. The van der Waals surface area contributed by atoms with Crippen LogP contribution in [0.15, 0.2) is 47.4 Å². The van der Waals surface area contributed by atoms with E-state index in [1.54, 1.807) is 29.2 Å². The maximum Gasteiger partial charge on any atom is 0.270 e. The van der Waals surface area contributed by atoms with Gasteiger partial charge in [-0.15, -0.1) is 0 Å². The molecule has 0 aromatic heterocycles. The quantitative estimate of drug-likeness (QED) is 0.492. The molecule has 1 fully saturated rings. The lowest BCUT2D eigenvalue weighted by Crippen LogP contribution is -2.28. The lowest BCUT2D eigenvalue weighted by molar-refractivity contribution is -0.113. The van der Waals surface area contributed by atoms with Crippen molar-refractivity contribution in [1.29, 1.82) is 0 Å². The SMILES string of the molecule is Cc1ccccc1N1C(=O)C(=Cc2ccc(Cl)cc2Cl)SC1=S. The second-order valence-corrected chi connectivity index (χ2v) is 7.49. The molecule has 1 saturated heterocycles. The van der Waals surface area contributed by atoms with Gasteiger partial charge in [0.15, 0.2) is 4.32 Å². The molecular weight excluding hydrogens is 369 g/mol. The molecule has 2 aromatic carbocycles. The van der Waals surface area contributed by atoms with Gasteiger partial charge in [0.2, 0.25) is 0 Å². The van der Waals surface area contributed by atoms with Crippen molar-refractivity contribution < 1.29 is 4.79 Å². The predicted molar refractivity (Wildman–Crippen MR) is 103 cm³/mol. The van der Waals surface area contributed by atoms with Gasteiger partial charge >= 0.3 is 0 Å². The van der Waals surface area contributed by atoms with E-state index < -0.39 is 0 Å². The normalized spacial score (nSPS) is 16.5. The topological polar surface area (TPSA) is 20.3 Å². The van der Waals surface area contributed by atoms with Gasteiger partial charge in [0, 0.05) is 10.0 Å². The molecule has 1 heterocycles. The molecule has 0 atom stereocenters. The fourth-order valence-electron chi connectivity index (χ4n) is 2.25. The molecule has 2 aromatic rings. The summed E-state index contributed by atoms with van der Waals surface area (Å²) in [6, 6.07) is 12.8. The zero-order valence-corrected chi connectivity index (χ0v) is 15.2. The number of hydrogen-bond donors (Lipinski definition) is 0. The molecule has 6 heteroatoms. The van der Waals surface area contributed by atoms with E-state index in [1.807, 2.05) is 31.2 Å². The van der Waals surface area contributed by atoms with Crippen LogP contribution in [0.4, 0.5) is 5.69 Å². The summed E-state index contributed by atoms with van der Waals surface area (Å²) < 4.78 is 0.514. The summed E-state index contributed by atoms with van der Waals surface area (Å²) in [5.41, 5.74) is 2.54. The smallest absolute Gasteiger partial charge is 0.268 e. The molecule has 116 valence electrons. The molecule has 1 aliphatic rings. The van der Waals surface area contributed by atoms with Crippen molar-refractivity contribution >= 4 is 69.2 Å². The lowest BCUT2D eigenvalue weighted by atomic mass is 10.1. The van der Waals surface area contributed by atoms with Crippen molar-refractivity contribution in [2.75, 3.05) is 4.90 Å². The number of thioether (sulfide) groups is 1. The van der Waals surface area contributed by atoms with Crippen molar-refractivity contribution in [2.24, 2.45) is 0 Å². The van der Waals surface area contributed by atoms with E-state index in [4.69, 9.17) is 35.4 Å². The number of thiocarbonyl (C=S) groups is 1. The highest BCUT2D eigenvalue weighted by molar-refractivity contribution is 8.27. The Bertz CT molecular complexity index is 848. The largest absolute Gasteiger partial charge is 0.270 e. The van der Waals surface area contributed by atoms with Gasteiger partial charge in [-0.1, -0.05) is 71.4 Å². The fourth-order valence-corrected chi connectivity index (χ4v) is 3.99. The molecule has 0 N–H and O–H groups in total. The lowest BCUT2D eigenvalue weighted by Gasteiger charge is -2.16. The summed E-state index contributed by atoms with van der Waals surface area (Å²) in [6.45, 7) is 1.95. The Morgan fingerprint density at radius 1 is 1.17 bits per heavy atom. The molecule has 1 amide bonds. The molecule has 0 spiro atoms.